The van der Waals surface area contributed by atoms with Crippen molar-refractivity contribution in [1.82, 2.24) is 10.2 Å². The average molecular weight is 230 g/mol. The van der Waals surface area contributed by atoms with E-state index in [1.807, 2.05) is 0 Å². The Labute approximate surface area is 99.2 Å². The van der Waals surface area contributed by atoms with Gasteiger partial charge in [-0.3, -0.25) is 4.90 Å². The van der Waals surface area contributed by atoms with Gasteiger partial charge in [-0.25, -0.2) is 0 Å². The molecule has 1 saturated heterocycles. The van der Waals surface area contributed by atoms with Crippen LogP contribution in [0.1, 0.15) is 27.2 Å². The molecule has 3 heteroatoms. The monoisotopic (exact) mass is 230 g/mol. The zero-order valence-corrected chi connectivity index (χ0v) is 11.4. The summed E-state index contributed by atoms with van der Waals surface area (Å²) in [5, 5.41) is 3.44. The van der Waals surface area contributed by atoms with Crippen molar-refractivity contribution in [2.75, 3.05) is 31.6 Å². The molecule has 0 amide bonds. The Morgan fingerprint density at radius 3 is 2.73 bits per heavy atom. The van der Waals surface area contributed by atoms with E-state index < -0.39 is 0 Å². The van der Waals surface area contributed by atoms with Gasteiger partial charge in [0.1, 0.15) is 0 Å². The lowest BCUT2D eigenvalue weighted by atomic mass is 10.0. The standard InChI is InChI=1S/C12H26N2S/c1-5-13-8-10(2)11(3)14(4)12-6-7-15-9-12/h10-13H,5-9H2,1-4H3. The zero-order valence-electron chi connectivity index (χ0n) is 10.6. The van der Waals surface area contributed by atoms with Gasteiger partial charge in [0, 0.05) is 17.8 Å². The van der Waals surface area contributed by atoms with Crippen molar-refractivity contribution < 1.29 is 0 Å². The molecule has 1 aliphatic rings. The summed E-state index contributed by atoms with van der Waals surface area (Å²) in [6.07, 6.45) is 1.37. The molecular formula is C12H26N2S. The highest BCUT2D eigenvalue weighted by molar-refractivity contribution is 7.99. The van der Waals surface area contributed by atoms with Gasteiger partial charge in [0.15, 0.2) is 0 Å². The summed E-state index contributed by atoms with van der Waals surface area (Å²) in [4.78, 5) is 2.59. The van der Waals surface area contributed by atoms with E-state index in [0.29, 0.717) is 6.04 Å². The maximum atomic E-state index is 3.44. The predicted molar refractivity (Wildman–Crippen MR) is 70.7 cm³/mol. The molecule has 1 N–H and O–H groups in total. The van der Waals surface area contributed by atoms with E-state index in [4.69, 9.17) is 0 Å². The quantitative estimate of drug-likeness (QED) is 0.752. The third-order valence-corrected chi connectivity index (χ3v) is 4.81. The first kappa shape index (κ1) is 13.3. The third kappa shape index (κ3) is 3.97. The molecule has 3 atom stereocenters. The lowest BCUT2D eigenvalue weighted by molar-refractivity contribution is 0.153. The molecule has 0 radical (unpaired) electrons. The summed E-state index contributed by atoms with van der Waals surface area (Å²) >= 11 is 2.10. The van der Waals surface area contributed by atoms with Crippen LogP contribution in [0.3, 0.4) is 0 Å². The van der Waals surface area contributed by atoms with E-state index >= 15 is 0 Å². The highest BCUT2D eigenvalue weighted by atomic mass is 32.2. The fourth-order valence-corrected chi connectivity index (χ4v) is 3.40. The maximum Gasteiger partial charge on any atom is 0.0194 e. The molecule has 0 saturated carbocycles. The van der Waals surface area contributed by atoms with E-state index in [1.165, 1.54) is 17.9 Å². The van der Waals surface area contributed by atoms with Crippen LogP contribution in [0.5, 0.6) is 0 Å². The molecule has 2 nitrogen and oxygen atoms in total. The SMILES string of the molecule is CCNCC(C)C(C)N(C)C1CCSC1. The molecule has 1 heterocycles. The predicted octanol–water partition coefficient (Wildman–Crippen LogP) is 2.06. The van der Waals surface area contributed by atoms with Gasteiger partial charge in [-0.1, -0.05) is 13.8 Å². The summed E-state index contributed by atoms with van der Waals surface area (Å²) in [6.45, 7) is 9.12. The van der Waals surface area contributed by atoms with Crippen molar-refractivity contribution in [2.45, 2.75) is 39.3 Å². The largest absolute Gasteiger partial charge is 0.317 e. The molecule has 90 valence electrons. The van der Waals surface area contributed by atoms with Crippen molar-refractivity contribution in [2.24, 2.45) is 5.92 Å². The van der Waals surface area contributed by atoms with Crippen LogP contribution in [0.25, 0.3) is 0 Å². The normalized spacial score (nSPS) is 25.8. The van der Waals surface area contributed by atoms with Crippen molar-refractivity contribution in [3.63, 3.8) is 0 Å². The number of nitrogens with one attached hydrogen (secondary N) is 1. The summed E-state index contributed by atoms with van der Waals surface area (Å²) in [5.74, 6) is 3.42. The van der Waals surface area contributed by atoms with Gasteiger partial charge in [0.05, 0.1) is 0 Å². The van der Waals surface area contributed by atoms with Gasteiger partial charge in [-0.2, -0.15) is 11.8 Å². The Kier molecular flexibility index (Phi) is 6.02. The summed E-state index contributed by atoms with van der Waals surface area (Å²) < 4.78 is 0. The van der Waals surface area contributed by atoms with E-state index in [1.54, 1.807) is 0 Å². The minimum atomic E-state index is 0.688. The zero-order chi connectivity index (χ0) is 11.3. The van der Waals surface area contributed by atoms with Gasteiger partial charge in [-0.05, 0) is 45.2 Å². The smallest absolute Gasteiger partial charge is 0.0194 e. The molecule has 3 unspecified atom stereocenters. The van der Waals surface area contributed by atoms with Crippen LogP contribution >= 0.6 is 11.8 Å². The van der Waals surface area contributed by atoms with Crippen molar-refractivity contribution >= 4 is 11.8 Å². The van der Waals surface area contributed by atoms with Gasteiger partial charge >= 0.3 is 0 Å². The molecule has 0 aromatic heterocycles. The highest BCUT2D eigenvalue weighted by Crippen LogP contribution is 2.24. The Hall–Kier alpha value is 0.270. The molecule has 1 aliphatic heterocycles. The van der Waals surface area contributed by atoms with E-state index in [2.05, 4.69) is 49.8 Å². The van der Waals surface area contributed by atoms with Gasteiger partial charge < -0.3 is 5.32 Å². The van der Waals surface area contributed by atoms with E-state index in [0.717, 1.165) is 25.0 Å². The fraction of sp³-hybridized carbons (Fsp3) is 1.00. The van der Waals surface area contributed by atoms with Crippen LogP contribution in [-0.4, -0.2) is 48.6 Å². The van der Waals surface area contributed by atoms with Gasteiger partial charge in [0.25, 0.3) is 0 Å². The van der Waals surface area contributed by atoms with Crippen molar-refractivity contribution in [1.29, 1.82) is 0 Å². The minimum absolute atomic E-state index is 0.688. The minimum Gasteiger partial charge on any atom is -0.317 e. The number of hydrogen-bond acceptors (Lipinski definition) is 3. The van der Waals surface area contributed by atoms with Crippen LogP contribution in [0.2, 0.25) is 0 Å². The second-order valence-corrected chi connectivity index (χ2v) is 5.86. The molecule has 0 spiro atoms. The summed E-state index contributed by atoms with van der Waals surface area (Å²) in [6, 6.07) is 1.50. The summed E-state index contributed by atoms with van der Waals surface area (Å²) in [5.41, 5.74) is 0. The number of thioether (sulfide) groups is 1. The summed E-state index contributed by atoms with van der Waals surface area (Å²) in [7, 11) is 2.30. The Morgan fingerprint density at radius 1 is 1.47 bits per heavy atom. The first-order chi connectivity index (χ1) is 7.16. The number of nitrogens with zero attached hydrogens (tertiary/aromatic N) is 1. The van der Waals surface area contributed by atoms with E-state index in [9.17, 15) is 0 Å². The average Bonchev–Trinajstić information content (AvgIpc) is 2.77. The molecule has 15 heavy (non-hydrogen) atoms. The molecule has 0 aromatic rings. The topological polar surface area (TPSA) is 15.3 Å². The molecule has 0 bridgehead atoms. The molecule has 1 fully saturated rings. The molecule has 1 rings (SSSR count). The van der Waals surface area contributed by atoms with Crippen LogP contribution in [0.15, 0.2) is 0 Å². The first-order valence-corrected chi connectivity index (χ1v) is 7.32. The highest BCUT2D eigenvalue weighted by Gasteiger charge is 2.26. The van der Waals surface area contributed by atoms with Crippen LogP contribution < -0.4 is 5.32 Å². The third-order valence-electron chi connectivity index (χ3n) is 3.66. The maximum absolute atomic E-state index is 3.44. The van der Waals surface area contributed by atoms with Crippen molar-refractivity contribution in [3.8, 4) is 0 Å². The first-order valence-electron chi connectivity index (χ1n) is 6.17. The van der Waals surface area contributed by atoms with Crippen LogP contribution in [-0.2, 0) is 0 Å². The Balaban J connectivity index is 2.33. The second-order valence-electron chi connectivity index (χ2n) is 4.71. The Morgan fingerprint density at radius 2 is 2.20 bits per heavy atom. The lowest BCUT2D eigenvalue weighted by Gasteiger charge is -2.34. The Bertz CT molecular complexity index is 169. The van der Waals surface area contributed by atoms with Gasteiger partial charge in [0.2, 0.25) is 0 Å². The van der Waals surface area contributed by atoms with Crippen LogP contribution in [0, 0.1) is 5.92 Å². The van der Waals surface area contributed by atoms with E-state index in [-0.39, 0.29) is 0 Å². The van der Waals surface area contributed by atoms with Crippen molar-refractivity contribution in [3.05, 3.63) is 0 Å². The fourth-order valence-electron chi connectivity index (χ4n) is 2.12. The molecule has 0 aromatic carbocycles. The molecule has 0 aliphatic carbocycles. The lowest BCUT2D eigenvalue weighted by Crippen LogP contribution is -2.44. The molecular weight excluding hydrogens is 204 g/mol. The number of rotatable bonds is 6. The van der Waals surface area contributed by atoms with Gasteiger partial charge in [-0.15, -0.1) is 0 Å². The number of hydrogen-bond donors (Lipinski definition) is 1. The second kappa shape index (κ2) is 6.77. The van der Waals surface area contributed by atoms with Crippen LogP contribution in [0.4, 0.5) is 0 Å².